The number of carbonyl (C=O) groups is 1. The van der Waals surface area contributed by atoms with Crippen molar-refractivity contribution in [2.24, 2.45) is 22.5 Å². The quantitative estimate of drug-likeness (QED) is 0.486. The molecule has 162 valence electrons. The van der Waals surface area contributed by atoms with Crippen LogP contribution in [0.15, 0.2) is 0 Å². The van der Waals surface area contributed by atoms with Gasteiger partial charge in [-0.1, -0.05) is 83.1 Å². The van der Waals surface area contributed by atoms with E-state index in [1.54, 1.807) is 0 Å². The Morgan fingerprint density at radius 3 is 1.46 bits per heavy atom. The molecule has 0 unspecified atom stereocenters. The van der Waals surface area contributed by atoms with Crippen LogP contribution in [0, 0.1) is 16.7 Å². The monoisotopic (exact) mass is 375 g/mol. The number of carbonyl (C=O) groups excluding carboxylic acids is 1. The molecule has 0 atom stereocenters. The van der Waals surface area contributed by atoms with Gasteiger partial charge < -0.3 is 10.5 Å². The summed E-state index contributed by atoms with van der Waals surface area (Å²) >= 11 is 0. The Hall–Kier alpha value is -0.570. The first-order valence-corrected chi connectivity index (χ1v) is 10.6. The molecule has 0 aromatic carbocycles. The molecule has 0 fully saturated rings. The topological polar surface area (TPSA) is 52.3 Å². The number of hydrogen-bond donors (Lipinski definition) is 1. The van der Waals surface area contributed by atoms with E-state index in [1.165, 1.54) is 6.42 Å². The lowest BCUT2D eigenvalue weighted by Crippen LogP contribution is -2.30. The lowest BCUT2D eigenvalue weighted by Gasteiger charge is -2.32. The molecule has 26 heavy (non-hydrogen) atoms. The second-order valence-corrected chi connectivity index (χ2v) is 8.77. The maximum Gasteiger partial charge on any atom is 0.223 e. The molecule has 0 bridgehead atoms. The van der Waals surface area contributed by atoms with Gasteiger partial charge in [0.2, 0.25) is 5.91 Å². The SMILES string of the molecule is CC.CC.CCC(C)(C)C(N)=O.CCC(C)(C)OCC(C)(C)CC(C)C. The van der Waals surface area contributed by atoms with E-state index in [-0.39, 0.29) is 16.9 Å². The average molecular weight is 376 g/mol. The van der Waals surface area contributed by atoms with Crippen LogP contribution >= 0.6 is 0 Å². The Labute approximate surface area is 166 Å². The Morgan fingerprint density at radius 1 is 0.885 bits per heavy atom. The third-order valence-electron chi connectivity index (χ3n) is 4.22. The van der Waals surface area contributed by atoms with E-state index in [0.717, 1.165) is 25.4 Å². The fraction of sp³-hybridized carbons (Fsp3) is 0.957. The fourth-order valence-corrected chi connectivity index (χ4v) is 1.83. The van der Waals surface area contributed by atoms with Gasteiger partial charge in [-0.3, -0.25) is 4.79 Å². The number of nitrogens with two attached hydrogens (primary N) is 1. The normalized spacial score (nSPS) is 11.3. The van der Waals surface area contributed by atoms with Crippen LogP contribution in [0.1, 0.15) is 116 Å². The summed E-state index contributed by atoms with van der Waals surface area (Å²) in [5.74, 6) is 0.526. The third kappa shape index (κ3) is 21.5. The van der Waals surface area contributed by atoms with Crippen molar-refractivity contribution in [2.75, 3.05) is 6.61 Å². The first-order chi connectivity index (χ1) is 11.7. The molecule has 3 nitrogen and oxygen atoms in total. The molecule has 0 aromatic rings. The van der Waals surface area contributed by atoms with E-state index in [0.29, 0.717) is 5.41 Å². The molecular formula is C23H53NO2. The van der Waals surface area contributed by atoms with Gasteiger partial charge in [0.15, 0.2) is 0 Å². The minimum Gasteiger partial charge on any atom is -0.375 e. The van der Waals surface area contributed by atoms with Crippen molar-refractivity contribution in [3.05, 3.63) is 0 Å². The first-order valence-electron chi connectivity index (χ1n) is 10.6. The molecule has 0 saturated carbocycles. The van der Waals surface area contributed by atoms with Gasteiger partial charge in [-0.25, -0.2) is 0 Å². The zero-order chi connectivity index (χ0) is 22.2. The number of amides is 1. The maximum atomic E-state index is 10.5. The van der Waals surface area contributed by atoms with E-state index >= 15 is 0 Å². The third-order valence-corrected chi connectivity index (χ3v) is 4.22. The van der Waals surface area contributed by atoms with Gasteiger partial charge >= 0.3 is 0 Å². The van der Waals surface area contributed by atoms with E-state index < -0.39 is 0 Å². The van der Waals surface area contributed by atoms with Gasteiger partial charge in [-0.05, 0) is 44.4 Å². The number of ether oxygens (including phenoxy) is 1. The minimum atomic E-state index is -0.319. The van der Waals surface area contributed by atoms with Crippen LogP contribution < -0.4 is 5.73 Å². The Morgan fingerprint density at radius 2 is 1.27 bits per heavy atom. The summed E-state index contributed by atoms with van der Waals surface area (Å²) in [6.07, 6.45) is 3.11. The second-order valence-electron chi connectivity index (χ2n) is 8.77. The summed E-state index contributed by atoms with van der Waals surface area (Å²) in [7, 11) is 0. The summed E-state index contributed by atoms with van der Waals surface area (Å²) in [6.45, 7) is 30.1. The minimum absolute atomic E-state index is 0.0360. The van der Waals surface area contributed by atoms with E-state index in [4.69, 9.17) is 10.5 Å². The average Bonchev–Trinajstić information content (AvgIpc) is 2.56. The van der Waals surface area contributed by atoms with Gasteiger partial charge in [-0.15, -0.1) is 0 Å². The van der Waals surface area contributed by atoms with E-state index in [2.05, 4.69) is 48.5 Å². The van der Waals surface area contributed by atoms with E-state index in [1.807, 2.05) is 48.5 Å². The highest BCUT2D eigenvalue weighted by Crippen LogP contribution is 2.28. The van der Waals surface area contributed by atoms with Crippen molar-refractivity contribution < 1.29 is 9.53 Å². The highest BCUT2D eigenvalue weighted by Gasteiger charge is 2.24. The molecule has 2 N–H and O–H groups in total. The van der Waals surface area contributed by atoms with Crippen molar-refractivity contribution in [1.29, 1.82) is 0 Å². The highest BCUT2D eigenvalue weighted by atomic mass is 16.5. The Bertz CT molecular complexity index is 318. The van der Waals surface area contributed by atoms with Crippen LogP contribution in [-0.2, 0) is 9.53 Å². The highest BCUT2D eigenvalue weighted by molar-refractivity contribution is 5.79. The van der Waals surface area contributed by atoms with Crippen LogP contribution in [0.3, 0.4) is 0 Å². The summed E-state index contributed by atoms with van der Waals surface area (Å²) < 4.78 is 5.94. The molecule has 0 radical (unpaired) electrons. The van der Waals surface area contributed by atoms with Crippen LogP contribution in [0.4, 0.5) is 0 Å². The molecule has 0 rings (SSSR count). The molecule has 0 aliphatic rings. The standard InChI is InChI=1S/C13H28O.C6H13NO.2C2H6/c1-8-13(6,7)14-10-12(4,5)9-11(2)3;1-4-6(2,3)5(7)8;2*1-2/h11H,8-10H2,1-7H3;4H2,1-3H3,(H2,7,8);2*1-2H3. The Kier molecular flexibility index (Phi) is 21.1. The van der Waals surface area contributed by atoms with Crippen molar-refractivity contribution >= 4 is 5.91 Å². The number of primary amides is 1. The summed E-state index contributed by atoms with van der Waals surface area (Å²) in [6, 6.07) is 0. The van der Waals surface area contributed by atoms with Gasteiger partial charge in [-0.2, -0.15) is 0 Å². The zero-order valence-electron chi connectivity index (χ0n) is 20.8. The van der Waals surface area contributed by atoms with Crippen molar-refractivity contribution in [2.45, 2.75) is 122 Å². The molecule has 0 heterocycles. The zero-order valence-corrected chi connectivity index (χ0v) is 20.8. The predicted molar refractivity (Wildman–Crippen MR) is 120 cm³/mol. The van der Waals surface area contributed by atoms with Crippen LogP contribution in [0.2, 0.25) is 0 Å². The molecular weight excluding hydrogens is 322 g/mol. The van der Waals surface area contributed by atoms with Gasteiger partial charge in [0, 0.05) is 5.41 Å². The van der Waals surface area contributed by atoms with Crippen molar-refractivity contribution in [3.63, 3.8) is 0 Å². The van der Waals surface area contributed by atoms with Crippen LogP contribution in [-0.4, -0.2) is 18.1 Å². The maximum absolute atomic E-state index is 10.5. The van der Waals surface area contributed by atoms with Crippen LogP contribution in [0.5, 0.6) is 0 Å². The van der Waals surface area contributed by atoms with Gasteiger partial charge in [0.1, 0.15) is 0 Å². The number of rotatable bonds is 8. The van der Waals surface area contributed by atoms with Gasteiger partial charge in [0.25, 0.3) is 0 Å². The first kappa shape index (κ1) is 33.0. The van der Waals surface area contributed by atoms with E-state index in [9.17, 15) is 4.79 Å². The molecule has 0 saturated heterocycles. The summed E-state index contributed by atoms with van der Waals surface area (Å²) in [4.78, 5) is 10.5. The van der Waals surface area contributed by atoms with Crippen molar-refractivity contribution in [1.82, 2.24) is 0 Å². The predicted octanol–water partition coefficient (Wildman–Crippen LogP) is 7.22. The molecule has 0 aliphatic carbocycles. The molecule has 0 aliphatic heterocycles. The smallest absolute Gasteiger partial charge is 0.223 e. The lowest BCUT2D eigenvalue weighted by molar-refractivity contribution is -0.126. The summed E-state index contributed by atoms with van der Waals surface area (Å²) in [5, 5.41) is 0. The molecule has 1 amide bonds. The largest absolute Gasteiger partial charge is 0.375 e. The second kappa shape index (κ2) is 16.6. The van der Waals surface area contributed by atoms with Crippen LogP contribution in [0.25, 0.3) is 0 Å². The lowest BCUT2D eigenvalue weighted by atomic mass is 9.84. The number of hydrogen-bond acceptors (Lipinski definition) is 2. The van der Waals surface area contributed by atoms with Gasteiger partial charge in [0.05, 0.1) is 12.2 Å². The molecule has 0 spiro atoms. The van der Waals surface area contributed by atoms with Crippen molar-refractivity contribution in [3.8, 4) is 0 Å². The Balaban J connectivity index is -0.000000171. The summed E-state index contributed by atoms with van der Waals surface area (Å²) in [5.41, 5.74) is 5.06. The molecule has 3 heteroatoms. The molecule has 0 aromatic heterocycles. The fourth-order valence-electron chi connectivity index (χ4n) is 1.83.